The van der Waals surface area contributed by atoms with Gasteiger partial charge < -0.3 is 5.73 Å². The van der Waals surface area contributed by atoms with Crippen molar-refractivity contribution in [3.8, 4) is 0 Å². The van der Waals surface area contributed by atoms with Gasteiger partial charge in [0.25, 0.3) is 0 Å². The molecule has 2 rings (SSSR count). The van der Waals surface area contributed by atoms with Crippen LogP contribution in [0.3, 0.4) is 0 Å². The quantitative estimate of drug-likeness (QED) is 0.731. The fourth-order valence-corrected chi connectivity index (χ4v) is 4.31. The molecule has 0 spiro atoms. The maximum absolute atomic E-state index is 6.54. The van der Waals surface area contributed by atoms with Crippen LogP contribution in [0.15, 0.2) is 18.2 Å². The van der Waals surface area contributed by atoms with Crippen molar-refractivity contribution in [3.63, 3.8) is 0 Å². The summed E-state index contributed by atoms with van der Waals surface area (Å²) < 4.78 is 1.38. The van der Waals surface area contributed by atoms with Crippen LogP contribution >= 0.6 is 34.5 Å². The van der Waals surface area contributed by atoms with E-state index in [1.807, 2.05) is 6.07 Å². The molecule has 1 heterocycles. The molecule has 0 aliphatic carbocycles. The molecule has 0 radical (unpaired) electrons. The highest BCUT2D eigenvalue weighted by Gasteiger charge is 2.21. The Kier molecular flexibility index (Phi) is 5.73. The number of rotatable bonds is 5. The van der Waals surface area contributed by atoms with E-state index in [9.17, 15) is 0 Å². The van der Waals surface area contributed by atoms with E-state index >= 15 is 0 Å². The first-order chi connectivity index (χ1) is 10.0. The monoisotopic (exact) mass is 341 g/mol. The average Bonchev–Trinajstić information content (AvgIpc) is 2.83. The molecule has 2 aromatic rings. The number of nitrogens with two attached hydrogens (primary N) is 1. The fourth-order valence-electron chi connectivity index (χ4n) is 2.76. The van der Waals surface area contributed by atoms with Crippen molar-refractivity contribution in [2.45, 2.75) is 46.1 Å². The summed E-state index contributed by atoms with van der Waals surface area (Å²) in [6.45, 7) is 6.53. The maximum atomic E-state index is 6.54. The minimum atomic E-state index is -0.211. The van der Waals surface area contributed by atoms with Gasteiger partial charge in [-0.3, -0.25) is 0 Å². The Morgan fingerprint density at radius 1 is 1.00 bits per heavy atom. The lowest BCUT2D eigenvalue weighted by atomic mass is 9.87. The zero-order chi connectivity index (χ0) is 15.6. The summed E-state index contributed by atoms with van der Waals surface area (Å²) in [6, 6.07) is 6.23. The Hall–Kier alpha value is -0.540. The van der Waals surface area contributed by atoms with Gasteiger partial charge in [0.15, 0.2) is 0 Å². The Balaban J connectivity index is 2.58. The van der Waals surface area contributed by atoms with Crippen LogP contribution in [-0.2, 0) is 19.3 Å². The highest BCUT2D eigenvalue weighted by Crippen LogP contribution is 2.38. The lowest BCUT2D eigenvalue weighted by Gasteiger charge is -2.21. The second-order valence-corrected chi connectivity index (χ2v) is 7.43. The first-order valence-electron chi connectivity index (χ1n) is 7.36. The van der Waals surface area contributed by atoms with Gasteiger partial charge in [0.05, 0.1) is 14.7 Å². The summed E-state index contributed by atoms with van der Waals surface area (Å²) in [5.74, 6) is 0. The number of benzene rings is 1. The molecular formula is C17H21Cl2NS. The molecule has 0 aliphatic heterocycles. The molecule has 21 heavy (non-hydrogen) atoms. The molecule has 1 unspecified atom stereocenters. The van der Waals surface area contributed by atoms with Crippen LogP contribution in [0.5, 0.6) is 0 Å². The van der Waals surface area contributed by atoms with Gasteiger partial charge >= 0.3 is 0 Å². The van der Waals surface area contributed by atoms with E-state index in [1.165, 1.54) is 33.6 Å². The van der Waals surface area contributed by atoms with Crippen molar-refractivity contribution in [3.05, 3.63) is 54.7 Å². The molecule has 1 aromatic carbocycles. The van der Waals surface area contributed by atoms with Crippen LogP contribution < -0.4 is 5.73 Å². The highest BCUT2D eigenvalue weighted by atomic mass is 35.5. The standard InChI is InChI=1S/C17H21Cl2NS/c1-4-10-7-11(5-2)15(12(6-3)8-10)16(20)13-9-14(18)21-17(13)19/h7-9,16H,4-6,20H2,1-3H3. The minimum absolute atomic E-state index is 0.211. The molecule has 4 heteroatoms. The number of halogens is 2. The summed E-state index contributed by atoms with van der Waals surface area (Å²) >= 11 is 13.7. The Morgan fingerprint density at radius 3 is 1.95 bits per heavy atom. The second-order valence-electron chi connectivity index (χ2n) is 5.15. The van der Waals surface area contributed by atoms with Gasteiger partial charge in [-0.15, -0.1) is 11.3 Å². The molecule has 0 saturated heterocycles. The van der Waals surface area contributed by atoms with E-state index in [1.54, 1.807) is 0 Å². The zero-order valence-electron chi connectivity index (χ0n) is 12.7. The first kappa shape index (κ1) is 16.8. The van der Waals surface area contributed by atoms with E-state index in [0.717, 1.165) is 24.8 Å². The van der Waals surface area contributed by atoms with Crippen molar-refractivity contribution in [2.24, 2.45) is 5.73 Å². The van der Waals surface area contributed by atoms with Gasteiger partial charge in [0.2, 0.25) is 0 Å². The molecule has 0 bridgehead atoms. The molecule has 1 nitrogen and oxygen atoms in total. The topological polar surface area (TPSA) is 26.0 Å². The fraction of sp³-hybridized carbons (Fsp3) is 0.412. The number of hydrogen-bond acceptors (Lipinski definition) is 2. The van der Waals surface area contributed by atoms with Crippen molar-refractivity contribution in [2.75, 3.05) is 0 Å². The van der Waals surface area contributed by atoms with E-state index < -0.39 is 0 Å². The highest BCUT2D eigenvalue weighted by molar-refractivity contribution is 7.20. The summed E-state index contributed by atoms with van der Waals surface area (Å²) in [4.78, 5) is 0. The first-order valence-corrected chi connectivity index (χ1v) is 8.93. The lowest BCUT2D eigenvalue weighted by Crippen LogP contribution is -2.16. The minimum Gasteiger partial charge on any atom is -0.320 e. The average molecular weight is 342 g/mol. The molecule has 0 fully saturated rings. The van der Waals surface area contributed by atoms with Crippen molar-refractivity contribution < 1.29 is 0 Å². The summed E-state index contributed by atoms with van der Waals surface area (Å²) in [5, 5.41) is 0. The maximum Gasteiger partial charge on any atom is 0.0995 e. The van der Waals surface area contributed by atoms with Gasteiger partial charge in [0, 0.05) is 5.56 Å². The number of hydrogen-bond donors (Lipinski definition) is 1. The van der Waals surface area contributed by atoms with Crippen molar-refractivity contribution >= 4 is 34.5 Å². The van der Waals surface area contributed by atoms with Gasteiger partial charge in [-0.05, 0) is 47.6 Å². The zero-order valence-corrected chi connectivity index (χ0v) is 15.0. The Labute approximate surface area is 141 Å². The Bertz CT molecular complexity index is 609. The third-order valence-corrected chi connectivity index (χ3v) is 5.43. The molecule has 2 N–H and O–H groups in total. The largest absolute Gasteiger partial charge is 0.320 e. The summed E-state index contributed by atoms with van der Waals surface area (Å²) in [6.07, 6.45) is 2.99. The molecule has 0 amide bonds. The van der Waals surface area contributed by atoms with Crippen LogP contribution in [0.25, 0.3) is 0 Å². The SMILES string of the molecule is CCc1cc(CC)c(C(N)c2cc(Cl)sc2Cl)c(CC)c1. The number of thiophene rings is 1. The molecular weight excluding hydrogens is 321 g/mol. The molecule has 0 aliphatic rings. The predicted molar refractivity (Wildman–Crippen MR) is 94.9 cm³/mol. The normalized spacial score (nSPS) is 12.7. The van der Waals surface area contributed by atoms with E-state index in [0.29, 0.717) is 8.67 Å². The predicted octanol–water partition coefficient (Wildman–Crippen LogP) is 5.79. The Morgan fingerprint density at radius 2 is 1.57 bits per heavy atom. The van der Waals surface area contributed by atoms with Crippen LogP contribution in [0, 0.1) is 0 Å². The van der Waals surface area contributed by atoms with Crippen LogP contribution in [0.4, 0.5) is 0 Å². The molecule has 0 saturated carbocycles. The van der Waals surface area contributed by atoms with Crippen molar-refractivity contribution in [1.82, 2.24) is 0 Å². The molecule has 1 aromatic heterocycles. The molecule has 1 atom stereocenters. The van der Waals surface area contributed by atoms with Gasteiger partial charge in [-0.25, -0.2) is 0 Å². The summed E-state index contributed by atoms with van der Waals surface area (Å²) in [7, 11) is 0. The third kappa shape index (κ3) is 3.45. The van der Waals surface area contributed by atoms with Gasteiger partial charge in [0.1, 0.15) is 0 Å². The third-order valence-electron chi connectivity index (χ3n) is 3.91. The van der Waals surface area contributed by atoms with E-state index in [-0.39, 0.29) is 6.04 Å². The van der Waals surface area contributed by atoms with Crippen LogP contribution in [0.2, 0.25) is 8.67 Å². The van der Waals surface area contributed by atoms with Crippen molar-refractivity contribution in [1.29, 1.82) is 0 Å². The van der Waals surface area contributed by atoms with E-state index in [4.69, 9.17) is 28.9 Å². The van der Waals surface area contributed by atoms with Crippen LogP contribution in [-0.4, -0.2) is 0 Å². The second kappa shape index (κ2) is 7.15. The summed E-state index contributed by atoms with van der Waals surface area (Å²) in [5.41, 5.74) is 12.7. The smallest absolute Gasteiger partial charge is 0.0995 e. The molecule has 114 valence electrons. The van der Waals surface area contributed by atoms with E-state index in [2.05, 4.69) is 32.9 Å². The van der Waals surface area contributed by atoms with Gasteiger partial charge in [-0.2, -0.15) is 0 Å². The number of aryl methyl sites for hydroxylation is 3. The lowest BCUT2D eigenvalue weighted by molar-refractivity contribution is 0.828. The van der Waals surface area contributed by atoms with Gasteiger partial charge in [-0.1, -0.05) is 56.1 Å². The van der Waals surface area contributed by atoms with Crippen LogP contribution in [0.1, 0.15) is 54.6 Å².